The number of rotatable bonds is 28. The molecule has 2 spiro atoms. The first-order valence-electron chi connectivity index (χ1n) is 46.3. The van der Waals surface area contributed by atoms with Gasteiger partial charge >= 0.3 is 0 Å². The van der Waals surface area contributed by atoms with Crippen LogP contribution in [0, 0.1) is 72.0 Å². The van der Waals surface area contributed by atoms with Crippen molar-refractivity contribution in [3.63, 3.8) is 0 Å². The van der Waals surface area contributed by atoms with E-state index in [9.17, 15) is 63.3 Å². The summed E-state index contributed by atoms with van der Waals surface area (Å²) in [5.41, 5.74) is 36.0. The van der Waals surface area contributed by atoms with Crippen molar-refractivity contribution in [2.75, 3.05) is 92.7 Å². The van der Waals surface area contributed by atoms with E-state index >= 15 is 0 Å². The number of ketones is 1. The molecule has 12 aliphatic rings. The molecule has 0 bridgehead atoms. The highest BCUT2D eigenvalue weighted by molar-refractivity contribution is 6.64. The number of carbonyl (C=O) groups is 11. The van der Waals surface area contributed by atoms with Gasteiger partial charge in [0.15, 0.2) is 40.7 Å². The molecule has 10 aliphatic carbocycles. The molecule has 134 heavy (non-hydrogen) atoms. The van der Waals surface area contributed by atoms with Gasteiger partial charge in [-0.05, 0) is 185 Å². The maximum atomic E-state index is 12.1. The maximum Gasteiger partial charge on any atom is 0.254 e. The molecule has 0 radical (unpaired) electrons. The molecule has 0 atom stereocenters. The van der Waals surface area contributed by atoms with Crippen molar-refractivity contribution in [3.05, 3.63) is 93.1 Å². The highest BCUT2D eigenvalue weighted by Gasteiger charge is 2.52. The molecule has 0 aromatic carbocycles. The molecule has 0 unspecified atom stereocenters. The average molecular weight is 1870 g/mol. The van der Waals surface area contributed by atoms with Gasteiger partial charge in [-0.25, -0.2) is 19.7 Å². The molecule has 722 valence electrons. The Kier molecular flexibility index (Phi) is 34.6. The number of hydrogen-bond acceptors (Lipinski definition) is 26. The normalized spacial score (nSPS) is 23.5. The fraction of sp³-hybridized carbons (Fsp3) is 0.656. The van der Waals surface area contributed by atoms with Gasteiger partial charge in [0.1, 0.15) is 50.2 Å². The van der Waals surface area contributed by atoms with Crippen molar-refractivity contribution in [2.24, 2.45) is 64.0 Å². The Bertz CT molecular complexity index is 5140. The zero-order chi connectivity index (χ0) is 96.9. The van der Waals surface area contributed by atoms with Gasteiger partial charge in [-0.15, -0.1) is 0 Å². The zero-order valence-corrected chi connectivity index (χ0v) is 77.1. The van der Waals surface area contributed by atoms with Crippen LogP contribution in [0.4, 0.5) is 29.1 Å². The number of nitriles is 2. The first-order valence-corrected chi connectivity index (χ1v) is 46.7. The topological polar surface area (TPSA) is 629 Å². The van der Waals surface area contributed by atoms with E-state index in [-0.39, 0.29) is 141 Å². The lowest BCUT2D eigenvalue weighted by molar-refractivity contribution is -0.190. The molecule has 12 fully saturated rings. The fourth-order valence-corrected chi connectivity index (χ4v) is 18.3. The molecule has 44 heteroatoms. The van der Waals surface area contributed by atoms with E-state index in [1.54, 1.807) is 48.2 Å². The first-order chi connectivity index (χ1) is 64.1. The van der Waals surface area contributed by atoms with Crippen molar-refractivity contribution in [1.29, 1.82) is 10.5 Å². The SMILES string of the molecule is CCN.N#CCC1(n2cc(C(N)=O)c(N)n2)CCC2(CC1)OCCO2.N#CCC1(n2cc(C(N)=O)c(NC(=O)C3CC3)n2)CCC2(CC1)OCCO2.O=C(Cl)C1CC1.[C-]#[N+]CC1(n2cc(C(N)=O)c(NC(=O)C3CC3)n2)CCC(=O)CC1.[C-]#[N+]CC1(n2cc(C(N)=O)c(NC(=O)C3CC3)n2)CCC(NCC)CC1.[C-]#[N+]CC1(n2cc(C(N)=O)c(NC(=O)C3CC3)n2)CCC(NCC)CC1. The third-order valence-corrected chi connectivity index (χ3v) is 27.3. The van der Waals surface area contributed by atoms with Gasteiger partial charge in [0.05, 0.1) is 62.5 Å². The van der Waals surface area contributed by atoms with Crippen LogP contribution in [0.5, 0.6) is 0 Å². The summed E-state index contributed by atoms with van der Waals surface area (Å²) in [6.45, 7) is 33.8. The summed E-state index contributed by atoms with van der Waals surface area (Å²) in [5, 5.41) is 58.2. The first kappa shape index (κ1) is 102. The van der Waals surface area contributed by atoms with Crippen LogP contribution in [-0.4, -0.2) is 202 Å². The molecule has 10 saturated carbocycles. The largest absolute Gasteiger partial charge is 0.382 e. The summed E-state index contributed by atoms with van der Waals surface area (Å²) in [5.74, 6) is -3.64. The van der Waals surface area contributed by atoms with E-state index in [0.717, 1.165) is 135 Å². The number of hydrogen-bond donors (Lipinski definition) is 13. The number of nitrogens with two attached hydrogens (primary N) is 7. The zero-order valence-electron chi connectivity index (χ0n) is 76.4. The maximum absolute atomic E-state index is 12.1. The predicted octanol–water partition coefficient (Wildman–Crippen LogP) is 6.96. The number of carbonyl (C=O) groups excluding carboxylic acids is 11. The number of nitrogens with one attached hydrogen (secondary N) is 6. The van der Waals surface area contributed by atoms with Crippen LogP contribution in [0.15, 0.2) is 31.0 Å². The molecular formula is C90H125ClN28O15. The Morgan fingerprint density at radius 2 is 0.664 bits per heavy atom. The number of ether oxygens (including phenoxy) is 4. The van der Waals surface area contributed by atoms with Gasteiger partial charge in [0.2, 0.25) is 48.5 Å². The monoisotopic (exact) mass is 1870 g/mol. The minimum atomic E-state index is -0.683. The van der Waals surface area contributed by atoms with Gasteiger partial charge in [-0.2, -0.15) is 36.0 Å². The highest BCUT2D eigenvalue weighted by Crippen LogP contribution is 2.49. The predicted molar refractivity (Wildman–Crippen MR) is 488 cm³/mol. The standard InChI is InChI=1S/2C18H26N6O2.C18H23N5O4.C16H19N5O3.C14H19N5O3.C4H5ClO.C2H7N/c2*1-3-21-13-6-8-18(9-7-13,11-20-2)24-10-14(15(19)25)16(23-24)22-17(26)12-4-5-12;19-8-7-17(3-5-18(6-4-17)26-9-10-27-18)23-11-13(14(20)24)15(22-23)21-16(25)12-1-2-12;1-18-9-16(6-4-11(22)5-7-16)21-8-12(13(17)23)14(20-21)19-15(24)10-2-3-10;15-6-5-13(19-9-10(12(17)20)11(16)18-19)1-3-14(4-2-13)21-7-8-22-14;5-4(6)3-1-2-3;1-2-3/h2*10,12-13,21H,3-9,11H2,1H3,(H2,19,25)(H,22,23,26);11-12H,1-7,9-10H2,(H2,20,24)(H,21,22,25);8,10H,2-7,9H2,(H2,17,23)(H,19,20,24);9H,1-5,7-8H2,(H2,16,18)(H2,17,20);3H,1-2H2;2-3H2,1H3. The molecular weight excluding hydrogens is 1750 g/mol. The molecule has 9 amide bonds. The van der Waals surface area contributed by atoms with E-state index in [0.29, 0.717) is 129 Å². The van der Waals surface area contributed by atoms with E-state index in [1.165, 1.54) is 6.20 Å². The van der Waals surface area contributed by atoms with Crippen molar-refractivity contribution < 1.29 is 71.7 Å². The Morgan fingerprint density at radius 3 is 0.888 bits per heavy atom. The molecule has 17 rings (SSSR count). The molecule has 5 aromatic heterocycles. The second-order valence-electron chi connectivity index (χ2n) is 36.7. The van der Waals surface area contributed by atoms with E-state index in [4.69, 9.17) is 90.4 Å². The average Bonchev–Trinajstić information content (AvgIpc) is 1.59. The minimum absolute atomic E-state index is 0.00800. The number of aromatic nitrogens is 10. The molecule has 2 aliphatic heterocycles. The van der Waals surface area contributed by atoms with E-state index in [2.05, 4.69) is 97.9 Å². The summed E-state index contributed by atoms with van der Waals surface area (Å²) < 4.78 is 31.2. The van der Waals surface area contributed by atoms with E-state index < -0.39 is 68.8 Å². The summed E-state index contributed by atoms with van der Waals surface area (Å²) in [6.07, 6.45) is 31.1. The number of amides is 9. The van der Waals surface area contributed by atoms with Crippen molar-refractivity contribution in [2.45, 2.75) is 278 Å². The van der Waals surface area contributed by atoms with E-state index in [1.807, 2.05) is 6.92 Å². The van der Waals surface area contributed by atoms with Crippen molar-refractivity contribution in [3.8, 4) is 12.1 Å². The lowest BCUT2D eigenvalue weighted by Gasteiger charge is -2.42. The smallest absolute Gasteiger partial charge is 0.254 e. The molecule has 20 N–H and O–H groups in total. The highest BCUT2D eigenvalue weighted by atomic mass is 35.5. The Hall–Kier alpha value is -12.1. The van der Waals surface area contributed by atoms with Crippen LogP contribution < -0.4 is 72.0 Å². The van der Waals surface area contributed by atoms with Crippen molar-refractivity contribution in [1.82, 2.24) is 59.5 Å². The quantitative estimate of drug-likeness (QED) is 0.0178. The third kappa shape index (κ3) is 25.7. The van der Waals surface area contributed by atoms with Crippen LogP contribution in [0.1, 0.15) is 278 Å². The fourth-order valence-electron chi connectivity index (χ4n) is 18.1. The van der Waals surface area contributed by atoms with Crippen molar-refractivity contribution >= 4 is 105 Å². The molecule has 5 aromatic rings. The summed E-state index contributed by atoms with van der Waals surface area (Å²) in [7, 11) is 0. The summed E-state index contributed by atoms with van der Waals surface area (Å²) in [4.78, 5) is 139. The van der Waals surface area contributed by atoms with Gasteiger partial charge in [0, 0.05) is 111 Å². The van der Waals surface area contributed by atoms with Crippen LogP contribution in [-0.2, 0) is 75.4 Å². The Morgan fingerprint density at radius 1 is 0.410 bits per heavy atom. The second-order valence-corrected chi connectivity index (χ2v) is 37.1. The molecule has 7 heterocycles. The van der Waals surface area contributed by atoms with Gasteiger partial charge in [-0.3, -0.25) is 76.1 Å². The summed E-state index contributed by atoms with van der Waals surface area (Å²) in [6, 6.07) is 5.34. The van der Waals surface area contributed by atoms with Crippen LogP contribution in [0.25, 0.3) is 14.5 Å². The Labute approximate surface area is 782 Å². The van der Waals surface area contributed by atoms with Gasteiger partial charge in [-0.1, -0.05) is 20.8 Å². The van der Waals surface area contributed by atoms with Gasteiger partial charge in [0.25, 0.3) is 29.5 Å². The number of halogens is 1. The number of Topliss-reactive ketones (excluding diaryl/α,β-unsaturated/α-hetero) is 1. The lowest BCUT2D eigenvalue weighted by Crippen LogP contribution is -2.45. The summed E-state index contributed by atoms with van der Waals surface area (Å²) >= 11 is 5.04. The number of primary amides is 5. The number of anilines is 5. The number of nitrogens with zero attached hydrogens (tertiary/aromatic N) is 15. The second kappa shape index (κ2) is 45.3. The number of nitrogen functional groups attached to an aromatic ring is 1. The lowest BCUT2D eigenvalue weighted by atomic mass is 9.77. The molecule has 43 nitrogen and oxygen atoms in total. The third-order valence-electron chi connectivity index (χ3n) is 27.0. The van der Waals surface area contributed by atoms with Gasteiger partial charge < -0.3 is 106 Å². The Balaban J connectivity index is 0.000000157. The molecule has 2 saturated heterocycles. The minimum Gasteiger partial charge on any atom is -0.382 e. The van der Waals surface area contributed by atoms with Crippen LogP contribution >= 0.6 is 11.6 Å². The van der Waals surface area contributed by atoms with Crippen LogP contribution in [0.2, 0.25) is 0 Å². The van der Waals surface area contributed by atoms with Crippen LogP contribution in [0.3, 0.4) is 0 Å².